The Kier molecular flexibility index (Phi) is 5.24. The Morgan fingerprint density at radius 2 is 2.15 bits per heavy atom. The van der Waals surface area contributed by atoms with E-state index in [-0.39, 0.29) is 6.10 Å². The molecule has 1 saturated heterocycles. The normalized spacial score (nSPS) is 23.1. The van der Waals surface area contributed by atoms with E-state index in [0.717, 1.165) is 25.1 Å². The molecule has 1 aromatic heterocycles. The fourth-order valence-electron chi connectivity index (χ4n) is 2.46. The Morgan fingerprint density at radius 3 is 2.85 bits per heavy atom. The molecule has 0 radical (unpaired) electrons. The first-order valence-electron chi connectivity index (χ1n) is 7.56. The summed E-state index contributed by atoms with van der Waals surface area (Å²) in [6.07, 6.45) is 4.30. The highest BCUT2D eigenvalue weighted by Crippen LogP contribution is 2.27. The summed E-state index contributed by atoms with van der Waals surface area (Å²) in [6, 6.07) is 4.40. The van der Waals surface area contributed by atoms with E-state index in [1.807, 2.05) is 26.0 Å². The minimum atomic E-state index is 0.128. The van der Waals surface area contributed by atoms with Crippen molar-refractivity contribution in [2.24, 2.45) is 5.92 Å². The van der Waals surface area contributed by atoms with Gasteiger partial charge < -0.3 is 14.8 Å². The predicted octanol–water partition coefficient (Wildman–Crippen LogP) is 3.48. The molecule has 1 fully saturated rings. The predicted molar refractivity (Wildman–Crippen MR) is 81.2 cm³/mol. The summed E-state index contributed by atoms with van der Waals surface area (Å²) in [5.74, 6) is 1.25. The van der Waals surface area contributed by atoms with Crippen LogP contribution in [0.15, 0.2) is 18.3 Å². The molecule has 1 aliphatic heterocycles. The fourth-order valence-corrected chi connectivity index (χ4v) is 2.46. The molecule has 1 aliphatic rings. The standard InChI is InChI=1S/C16H26N2O2/c1-11(2)15-10-13(7-9-19-15)18-14-6-5-8-17-16(14)20-12(3)4/h5-6,8,11-13,15,18H,7,9-10H2,1-4H3. The van der Waals surface area contributed by atoms with Gasteiger partial charge in [-0.3, -0.25) is 0 Å². The molecule has 2 heterocycles. The molecule has 1 aromatic rings. The van der Waals surface area contributed by atoms with Crippen LogP contribution in [0.3, 0.4) is 0 Å². The van der Waals surface area contributed by atoms with Crippen molar-refractivity contribution in [1.82, 2.24) is 4.98 Å². The lowest BCUT2D eigenvalue weighted by molar-refractivity contribution is -0.0161. The van der Waals surface area contributed by atoms with Crippen LogP contribution < -0.4 is 10.1 Å². The van der Waals surface area contributed by atoms with E-state index < -0.39 is 0 Å². The number of hydrogen-bond acceptors (Lipinski definition) is 4. The van der Waals surface area contributed by atoms with Gasteiger partial charge in [0.05, 0.1) is 17.9 Å². The topological polar surface area (TPSA) is 43.4 Å². The van der Waals surface area contributed by atoms with Gasteiger partial charge in [-0.05, 0) is 44.7 Å². The highest BCUT2D eigenvalue weighted by molar-refractivity contribution is 5.52. The molecule has 1 N–H and O–H groups in total. The molecule has 4 heteroatoms. The maximum atomic E-state index is 5.82. The van der Waals surface area contributed by atoms with E-state index in [0.29, 0.717) is 23.9 Å². The lowest BCUT2D eigenvalue weighted by Gasteiger charge is -2.33. The SMILES string of the molecule is CC(C)Oc1ncccc1NC1CCOC(C(C)C)C1. The summed E-state index contributed by atoms with van der Waals surface area (Å²) in [5.41, 5.74) is 0.982. The third-order valence-electron chi connectivity index (χ3n) is 3.54. The van der Waals surface area contributed by atoms with Crippen molar-refractivity contribution in [1.29, 1.82) is 0 Å². The zero-order chi connectivity index (χ0) is 14.5. The van der Waals surface area contributed by atoms with Gasteiger partial charge in [-0.25, -0.2) is 4.98 Å². The third-order valence-corrected chi connectivity index (χ3v) is 3.54. The molecule has 0 aliphatic carbocycles. The van der Waals surface area contributed by atoms with Crippen LogP contribution in [0.5, 0.6) is 5.88 Å². The highest BCUT2D eigenvalue weighted by atomic mass is 16.5. The minimum absolute atomic E-state index is 0.128. The van der Waals surface area contributed by atoms with Crippen molar-refractivity contribution >= 4 is 5.69 Å². The number of aromatic nitrogens is 1. The number of nitrogens with zero attached hydrogens (tertiary/aromatic N) is 1. The number of ether oxygens (including phenoxy) is 2. The minimum Gasteiger partial charge on any atom is -0.473 e. The zero-order valence-electron chi connectivity index (χ0n) is 12.9. The molecule has 0 bridgehead atoms. The summed E-state index contributed by atoms with van der Waals surface area (Å²) in [5, 5.41) is 3.57. The van der Waals surface area contributed by atoms with Gasteiger partial charge in [-0.15, -0.1) is 0 Å². The van der Waals surface area contributed by atoms with Gasteiger partial charge in [0.1, 0.15) is 0 Å². The van der Waals surface area contributed by atoms with Crippen LogP contribution in [0.2, 0.25) is 0 Å². The van der Waals surface area contributed by atoms with Crippen molar-refractivity contribution in [2.45, 2.75) is 58.8 Å². The Hall–Kier alpha value is -1.29. The molecule has 2 atom stereocenters. The van der Waals surface area contributed by atoms with Gasteiger partial charge in [-0.2, -0.15) is 0 Å². The second-order valence-corrected chi connectivity index (χ2v) is 6.04. The van der Waals surface area contributed by atoms with E-state index in [1.165, 1.54) is 0 Å². The lowest BCUT2D eigenvalue weighted by atomic mass is 9.95. The second-order valence-electron chi connectivity index (χ2n) is 6.04. The van der Waals surface area contributed by atoms with Gasteiger partial charge in [0.2, 0.25) is 5.88 Å². The summed E-state index contributed by atoms with van der Waals surface area (Å²) in [6.45, 7) is 9.28. The number of nitrogens with one attached hydrogen (secondary N) is 1. The molecule has 0 saturated carbocycles. The van der Waals surface area contributed by atoms with Crippen molar-refractivity contribution in [3.05, 3.63) is 18.3 Å². The Labute approximate surface area is 121 Å². The molecule has 4 nitrogen and oxygen atoms in total. The van der Waals surface area contributed by atoms with Crippen molar-refractivity contribution in [2.75, 3.05) is 11.9 Å². The number of pyridine rings is 1. The highest BCUT2D eigenvalue weighted by Gasteiger charge is 2.25. The van der Waals surface area contributed by atoms with Gasteiger partial charge in [0.15, 0.2) is 0 Å². The Bertz CT molecular complexity index is 421. The lowest BCUT2D eigenvalue weighted by Crippen LogP contribution is -2.36. The summed E-state index contributed by atoms with van der Waals surface area (Å²) in [4.78, 5) is 4.32. The molecular formula is C16H26N2O2. The second kappa shape index (κ2) is 6.93. The van der Waals surface area contributed by atoms with E-state index in [4.69, 9.17) is 9.47 Å². The third kappa shape index (κ3) is 4.10. The van der Waals surface area contributed by atoms with Crippen LogP contribution in [0.25, 0.3) is 0 Å². The van der Waals surface area contributed by atoms with Crippen LogP contribution in [-0.2, 0) is 4.74 Å². The monoisotopic (exact) mass is 278 g/mol. The number of anilines is 1. The van der Waals surface area contributed by atoms with Crippen LogP contribution in [0, 0.1) is 5.92 Å². The quantitative estimate of drug-likeness (QED) is 0.895. The van der Waals surface area contributed by atoms with Crippen LogP contribution in [0.1, 0.15) is 40.5 Å². The molecule has 0 aromatic carbocycles. The molecule has 2 unspecified atom stereocenters. The van der Waals surface area contributed by atoms with Crippen LogP contribution in [-0.4, -0.2) is 29.8 Å². The van der Waals surface area contributed by atoms with Gasteiger partial charge in [-0.1, -0.05) is 13.8 Å². The fraction of sp³-hybridized carbons (Fsp3) is 0.688. The summed E-state index contributed by atoms with van der Waals surface area (Å²) in [7, 11) is 0. The van der Waals surface area contributed by atoms with E-state index in [2.05, 4.69) is 24.1 Å². The average Bonchev–Trinajstić information content (AvgIpc) is 2.41. The first-order valence-corrected chi connectivity index (χ1v) is 7.56. The average molecular weight is 278 g/mol. The first-order chi connectivity index (χ1) is 9.56. The zero-order valence-corrected chi connectivity index (χ0v) is 12.9. The van der Waals surface area contributed by atoms with Gasteiger partial charge >= 0.3 is 0 Å². The van der Waals surface area contributed by atoms with Crippen LogP contribution in [0.4, 0.5) is 5.69 Å². The smallest absolute Gasteiger partial charge is 0.237 e. The van der Waals surface area contributed by atoms with E-state index >= 15 is 0 Å². The molecule has 112 valence electrons. The Morgan fingerprint density at radius 1 is 1.35 bits per heavy atom. The molecule has 0 amide bonds. The van der Waals surface area contributed by atoms with E-state index in [1.54, 1.807) is 6.20 Å². The first kappa shape index (κ1) is 15.1. The summed E-state index contributed by atoms with van der Waals surface area (Å²) >= 11 is 0. The summed E-state index contributed by atoms with van der Waals surface area (Å²) < 4.78 is 11.6. The maximum Gasteiger partial charge on any atom is 0.237 e. The molecule has 0 spiro atoms. The van der Waals surface area contributed by atoms with E-state index in [9.17, 15) is 0 Å². The molecule has 2 rings (SSSR count). The largest absolute Gasteiger partial charge is 0.473 e. The number of rotatable bonds is 5. The molecule has 20 heavy (non-hydrogen) atoms. The van der Waals surface area contributed by atoms with Crippen molar-refractivity contribution < 1.29 is 9.47 Å². The van der Waals surface area contributed by atoms with Crippen molar-refractivity contribution in [3.63, 3.8) is 0 Å². The van der Waals surface area contributed by atoms with Crippen molar-refractivity contribution in [3.8, 4) is 5.88 Å². The number of hydrogen-bond donors (Lipinski definition) is 1. The van der Waals surface area contributed by atoms with Gasteiger partial charge in [0, 0.05) is 18.8 Å². The Balaban J connectivity index is 2.02. The van der Waals surface area contributed by atoms with Crippen LogP contribution >= 0.6 is 0 Å². The maximum absolute atomic E-state index is 5.82. The molecular weight excluding hydrogens is 252 g/mol. The van der Waals surface area contributed by atoms with Gasteiger partial charge in [0.25, 0.3) is 0 Å².